The van der Waals surface area contributed by atoms with Crippen molar-refractivity contribution in [2.24, 2.45) is 35.2 Å². The van der Waals surface area contributed by atoms with Crippen LogP contribution < -0.4 is 22.8 Å². The number of pyridine rings is 9. The molecule has 25 rings (SSSR count). The summed E-state index contributed by atoms with van der Waals surface area (Å²) in [6, 6.07) is 85.5. The molecule has 0 N–H and O–H groups in total. The molecular formula is C121H116N9S5+5. The van der Waals surface area contributed by atoms with Crippen molar-refractivity contribution in [3.05, 3.63) is 366 Å². The fraction of sp³-hybridized carbons (Fsp3) is 0.165. The lowest BCUT2D eigenvalue weighted by Gasteiger charge is -2.08. The quantitative estimate of drug-likeness (QED) is 0.161. The molecule has 11 aromatic carbocycles. The number of aryl methyl sites for hydroxylation is 15. The second-order valence-corrected chi connectivity index (χ2v) is 38.5. The monoisotopic (exact) mass is 1870 g/mol. The summed E-state index contributed by atoms with van der Waals surface area (Å²) >= 11 is 8.48. The zero-order chi connectivity index (χ0) is 102. The van der Waals surface area contributed by atoms with Crippen molar-refractivity contribution in [2.45, 2.75) is 106 Å². The van der Waals surface area contributed by atoms with Gasteiger partial charge >= 0.3 is 0 Å². The van der Waals surface area contributed by atoms with E-state index in [2.05, 4.69) is 200 Å². The molecule has 0 radical (unpaired) electrons. The highest BCUT2D eigenvalue weighted by molar-refractivity contribution is 7.29. The summed E-state index contributed by atoms with van der Waals surface area (Å²) in [5, 5.41) is 17.0. The fourth-order valence-electron chi connectivity index (χ4n) is 18.8. The zero-order valence-corrected chi connectivity index (χ0v) is 77.1. The van der Waals surface area contributed by atoms with Crippen LogP contribution in [0.1, 0.15) is 113 Å². The number of aromatic nitrogens is 9. The predicted octanol–water partition coefficient (Wildman–Crippen LogP) is 32.3. The molecule has 0 amide bonds. The van der Waals surface area contributed by atoms with Crippen LogP contribution >= 0.6 is 56.7 Å². The van der Waals surface area contributed by atoms with Crippen LogP contribution in [0.15, 0.2) is 311 Å². The molecule has 0 saturated heterocycles. The van der Waals surface area contributed by atoms with Crippen LogP contribution in [0.4, 0.5) is 0 Å². The average Bonchev–Trinajstić information content (AvgIpc) is 1.55. The van der Waals surface area contributed by atoms with E-state index >= 15 is 0 Å². The third-order valence-corrected chi connectivity index (χ3v) is 31.2. The average molecular weight is 1870 g/mol. The van der Waals surface area contributed by atoms with E-state index in [4.69, 9.17) is 30.5 Å². The highest BCUT2D eigenvalue weighted by atomic mass is 32.1. The Kier molecular flexibility index (Phi) is 21.7. The first-order valence-electron chi connectivity index (χ1n) is 50.4. The van der Waals surface area contributed by atoms with Crippen LogP contribution in [0.2, 0.25) is 0 Å². The van der Waals surface area contributed by atoms with Gasteiger partial charge in [0.05, 0.1) is 64.0 Å². The molecule has 670 valence electrons. The molecule has 0 saturated carbocycles. The minimum Gasteiger partial charge on any atom is -0.256 e. The molecule has 0 aliphatic carbocycles. The van der Waals surface area contributed by atoms with Gasteiger partial charge < -0.3 is 0 Å². The summed E-state index contributed by atoms with van der Waals surface area (Å²) < 4.78 is 141. The van der Waals surface area contributed by atoms with Crippen molar-refractivity contribution in [3.63, 3.8) is 0 Å². The summed E-state index contributed by atoms with van der Waals surface area (Å²) in [5.74, 6) is 0. The normalized spacial score (nSPS) is 13.3. The van der Waals surface area contributed by atoms with Gasteiger partial charge in [0.1, 0.15) is 58.7 Å². The number of benzene rings is 11. The molecule has 0 bridgehead atoms. The predicted molar refractivity (Wildman–Crippen MR) is 589 cm³/mol. The van der Waals surface area contributed by atoms with Crippen LogP contribution in [-0.2, 0) is 35.2 Å². The summed E-state index contributed by atoms with van der Waals surface area (Å²) in [4.78, 5) is 18.7. The van der Waals surface area contributed by atoms with E-state index in [1.165, 1.54) is 96.1 Å². The molecule has 0 spiro atoms. The van der Waals surface area contributed by atoms with Gasteiger partial charge in [0.15, 0.2) is 31.0 Å². The highest BCUT2D eigenvalue weighted by Crippen LogP contribution is 2.49. The topological polar surface area (TPSA) is 71.0 Å². The molecule has 9 nitrogen and oxygen atoms in total. The Hall–Kier alpha value is -13.8. The lowest BCUT2D eigenvalue weighted by Crippen LogP contribution is -2.31. The van der Waals surface area contributed by atoms with Crippen molar-refractivity contribution in [1.29, 1.82) is 0 Å². The van der Waals surface area contributed by atoms with E-state index in [1.807, 2.05) is 187 Å². The number of nitrogens with zero attached hydrogens (tertiary/aromatic N) is 9. The van der Waals surface area contributed by atoms with E-state index in [9.17, 15) is 0 Å². The number of rotatable bonds is 5. The first-order chi connectivity index (χ1) is 69.3. The Morgan fingerprint density at radius 1 is 0.237 bits per heavy atom. The first kappa shape index (κ1) is 76.6. The summed E-state index contributed by atoms with van der Waals surface area (Å²) in [6.07, 6.45) is 16.9. The van der Waals surface area contributed by atoms with Gasteiger partial charge in [0.2, 0.25) is 28.5 Å². The Morgan fingerprint density at radius 3 is 1.04 bits per heavy atom. The van der Waals surface area contributed by atoms with Crippen LogP contribution in [0, 0.1) is 68.9 Å². The van der Waals surface area contributed by atoms with Gasteiger partial charge in [-0.2, -0.15) is 22.8 Å². The third kappa shape index (κ3) is 16.5. The summed E-state index contributed by atoms with van der Waals surface area (Å²) in [6.45, 7) is -0.942. The fourth-order valence-corrected chi connectivity index (χ4v) is 25.8. The second kappa shape index (κ2) is 38.3. The van der Waals surface area contributed by atoms with E-state index in [0.29, 0.717) is 27.6 Å². The van der Waals surface area contributed by atoms with E-state index in [0.717, 1.165) is 144 Å². The maximum absolute atomic E-state index is 8.20. The molecule has 0 aliphatic heterocycles. The maximum Gasteiger partial charge on any atom is 0.230 e. The molecule has 135 heavy (non-hydrogen) atoms. The smallest absolute Gasteiger partial charge is 0.230 e. The largest absolute Gasteiger partial charge is 0.256 e. The summed E-state index contributed by atoms with van der Waals surface area (Å²) in [7, 11) is 9.86. The van der Waals surface area contributed by atoms with Gasteiger partial charge in [-0.1, -0.05) is 242 Å². The maximum atomic E-state index is 8.20. The molecule has 0 unspecified atom stereocenters. The van der Waals surface area contributed by atoms with Crippen molar-refractivity contribution in [3.8, 4) is 56.3 Å². The van der Waals surface area contributed by atoms with E-state index < -0.39 is 34.3 Å². The molecule has 0 aliphatic rings. The Balaban J connectivity index is 0.000000133. The molecule has 14 aromatic heterocycles. The zero-order valence-electron chi connectivity index (χ0n) is 88.0. The van der Waals surface area contributed by atoms with Gasteiger partial charge in [-0.15, -0.1) is 56.7 Å². The molecule has 14 heteroatoms. The first-order valence-corrected chi connectivity index (χ1v) is 47.0. The lowest BCUT2D eigenvalue weighted by atomic mass is 9.99. The van der Waals surface area contributed by atoms with E-state index in [-0.39, 0.29) is 48.3 Å². The van der Waals surface area contributed by atoms with Crippen molar-refractivity contribution in [2.75, 3.05) is 0 Å². The van der Waals surface area contributed by atoms with Crippen LogP contribution in [0.3, 0.4) is 0 Å². The van der Waals surface area contributed by atoms with E-state index in [1.54, 1.807) is 71.7 Å². The van der Waals surface area contributed by atoms with Gasteiger partial charge in [-0.25, -0.2) is 0 Å². The minimum absolute atomic E-state index is 0. The van der Waals surface area contributed by atoms with Gasteiger partial charge in [0.25, 0.3) is 0 Å². The van der Waals surface area contributed by atoms with Gasteiger partial charge in [-0.3, -0.25) is 19.9 Å². The Labute approximate surface area is 833 Å². The molecular weight excluding hydrogens is 1740 g/mol. The molecule has 0 fully saturated rings. The van der Waals surface area contributed by atoms with Crippen LogP contribution in [0.5, 0.6) is 0 Å². The number of hydrogen-bond donors (Lipinski definition) is 0. The van der Waals surface area contributed by atoms with Gasteiger partial charge in [0, 0.05) is 159 Å². The van der Waals surface area contributed by atoms with Crippen molar-refractivity contribution in [1.82, 2.24) is 19.9 Å². The minimum atomic E-state index is -2.31. The third-order valence-electron chi connectivity index (χ3n) is 25.1. The second-order valence-electron chi connectivity index (χ2n) is 33.4. The van der Waals surface area contributed by atoms with Crippen LogP contribution in [-0.4, -0.2) is 19.9 Å². The number of hydrogen-bond acceptors (Lipinski definition) is 9. The molecule has 0 atom stereocenters. The highest BCUT2D eigenvalue weighted by Gasteiger charge is 2.30. The Bertz CT molecular complexity index is 9190. The standard InChI is InChI=1S/C25H22NS.C24H21N2S.C23H19N2S.2C22H17N2S.5CH4/c1-15-9-11-19(16(2)13-15)23-25-22(17(3)14-26(23)4)21-12-10-18-7-5-6-8-20(18)24(21)27-25;1-14-9-10-18(15(2)11-14)22-24-20(16(3)13-26(22)4)21-23(27-24)19-8-6-5-7-17(19)12-25-21;1-14-8-4-6-10-17(14)21-23-19(15(2)13-25(21)3)20-22(26-23)18-11-7-5-9-16(18)12-24-20;1-14-7-3-5-9-16(14)20-22-18(11-12-24(20)2)19-21(25-22)17-10-6-4-8-15(17)13-23-19;1-14-6-3-4-7-15(14)20-22-17(11-13-24(20)2)16-9-10-19-18(21(16)25-22)8-5-12-23-19;;;;;/h5-14H,1-4H3;5-13H,1-4H3;4-13H,1-3H3;2*3-13H,1-2H3;5*1H4/q5*+1;;;;;/i2*1D3,3D3;2D3;;;;;;;. The lowest BCUT2D eigenvalue weighted by molar-refractivity contribution is -0.659. The van der Waals surface area contributed by atoms with Crippen molar-refractivity contribution >= 4 is 212 Å². The van der Waals surface area contributed by atoms with Crippen LogP contribution in [0.25, 0.3) is 212 Å². The molecule has 25 aromatic rings. The SMILES string of the molecule is C.C.C.C.C.Cc1ccccc1-c1c2sc3c4ccccc4cnc3c2cc[n+]1C.Cc1ccccc1-c1c2sc3c4cccnc4ccc3c2cc[n+]1C.[2H]C([2H])([2H])c1c[n+](C)c(-c2ccccc2C)c2sc3c4ccccc4cnc3c12.[2H]C([2H])([2H])c1ccc(-c2c3sc4c5ccccc5ccc4c3c(C([2H])([2H])[2H])c[n+]2C)c(C)c1.[2H]C([2H])([2H])c1ccc(-c2c3sc4c5ccccc5cnc4c3c(C([2H])([2H])[2H])c[n+]2C)c(C)c1. The summed E-state index contributed by atoms with van der Waals surface area (Å²) in [5.41, 5.74) is 21.3. The van der Waals surface area contributed by atoms with Crippen molar-refractivity contribution < 1.29 is 43.4 Å². The number of thiophene rings is 5. The van der Waals surface area contributed by atoms with Gasteiger partial charge in [-0.05, 0) is 156 Å². The molecule has 14 heterocycles. The Morgan fingerprint density at radius 2 is 0.578 bits per heavy atom. The number of fused-ring (bicyclic) bond motifs is 25.